The second-order valence-corrected chi connectivity index (χ2v) is 0. The molecule has 0 aromatic rings. The Morgan fingerprint density at radius 2 is 0.385 bits per heavy atom. The van der Waals surface area contributed by atoms with Gasteiger partial charge in [0.1, 0.15) is 0 Å². The molecular formula is C5H8K3N5. The molecule has 0 atom stereocenters. The Hall–Kier alpha value is 2.36. The Bertz CT molecular complexity index is 89.9. The second kappa shape index (κ2) is 460. The quantitative estimate of drug-likeness (QED) is 0.398. The van der Waals surface area contributed by atoms with Crippen molar-refractivity contribution in [1.29, 1.82) is 26.3 Å². The van der Waals surface area contributed by atoms with Crippen LogP contribution in [0.25, 0.3) is 0 Å². The van der Waals surface area contributed by atoms with Gasteiger partial charge in [-0.05, 0) is 0 Å². The summed E-state index contributed by atoms with van der Waals surface area (Å²) in [6, 6.07) is 0. The fourth-order valence-corrected chi connectivity index (χ4v) is 0. The van der Waals surface area contributed by atoms with E-state index in [9.17, 15) is 0 Å². The van der Waals surface area contributed by atoms with Crippen LogP contribution in [0.1, 0.15) is 4.28 Å². The van der Waals surface area contributed by atoms with Gasteiger partial charge in [0.15, 0.2) is 0 Å². The van der Waals surface area contributed by atoms with E-state index < -0.39 is 0 Å². The predicted molar refractivity (Wildman–Crippen MR) is 36.7 cm³/mol. The van der Waals surface area contributed by atoms with Crippen molar-refractivity contribution in [2.75, 3.05) is 0 Å². The summed E-state index contributed by atoms with van der Waals surface area (Å²) in [7, 11) is 0. The molecule has 0 N–H and O–H groups in total. The van der Waals surface area contributed by atoms with Crippen LogP contribution >= 0.6 is 0 Å². The molecule has 5 nitrogen and oxygen atoms in total. The first kappa shape index (κ1) is 58.5. The topological polar surface area (TPSA) is 119 Å². The molecule has 0 aliphatic rings. The molecule has 0 aliphatic heterocycles. The monoisotopic (exact) mass is 255 g/mol. The summed E-state index contributed by atoms with van der Waals surface area (Å²) in [6.45, 7) is 17.5. The maximum absolute atomic E-state index is 6.50. The van der Waals surface area contributed by atoms with Gasteiger partial charge in [0.25, 0.3) is 0 Å². The number of hydrogen-bond donors (Lipinski definition) is 0. The van der Waals surface area contributed by atoms with E-state index in [0.29, 0.717) is 0 Å². The van der Waals surface area contributed by atoms with Crippen molar-refractivity contribution >= 4 is 0 Å². The van der Waals surface area contributed by atoms with Crippen molar-refractivity contribution in [2.24, 2.45) is 0 Å². The van der Waals surface area contributed by atoms with Gasteiger partial charge in [-0.1, -0.05) is 0 Å². The zero-order chi connectivity index (χ0) is 10.0. The molecule has 0 heterocycles. The van der Waals surface area contributed by atoms with E-state index in [4.69, 9.17) is 26.3 Å². The Kier molecular flexibility index (Phi) is 2070. The van der Waals surface area contributed by atoms with Gasteiger partial charge in [0.05, 0.1) is 0 Å². The Labute approximate surface area is 211 Å². The van der Waals surface area contributed by atoms with E-state index in [1.807, 2.05) is 0 Å². The molecule has 8 heteroatoms. The molecular weight excluding hydrogens is 247 g/mol. The zero-order valence-corrected chi connectivity index (χ0v) is 17.5. The molecule has 0 aliphatic carbocycles. The molecule has 0 fully saturated rings. The first-order valence-corrected chi connectivity index (χ1v) is 1.29. The van der Waals surface area contributed by atoms with Gasteiger partial charge in [-0.15, -0.1) is 0 Å². The van der Waals surface area contributed by atoms with Crippen molar-refractivity contribution < 1.29 is 158 Å². The van der Waals surface area contributed by atoms with E-state index in [-0.39, 0.29) is 158 Å². The van der Waals surface area contributed by atoms with Gasteiger partial charge in [-0.25, -0.2) is 26.3 Å². The minimum Gasteiger partial charge on any atom is -1.00 e. The molecule has 0 spiro atoms. The molecule has 0 aromatic carbocycles. The third-order valence-electron chi connectivity index (χ3n) is 0. The van der Waals surface area contributed by atoms with Crippen molar-refractivity contribution in [1.82, 2.24) is 0 Å². The largest absolute Gasteiger partial charge is 1.00 e. The first-order valence-electron chi connectivity index (χ1n) is 1.29. The maximum atomic E-state index is 6.50. The maximum Gasteiger partial charge on any atom is 1.00 e. The molecule has 0 rings (SSSR count). The van der Waals surface area contributed by atoms with Crippen LogP contribution in [0.3, 0.4) is 0 Å². The molecule has 0 aromatic heterocycles. The standard InChI is InChI=1S/5CHN.3K.3H/c5*1-2;;;;;;/h5*1H;;;;;;/q;;;;;3*+1;3*-1. The van der Waals surface area contributed by atoms with Crippen molar-refractivity contribution in [2.45, 2.75) is 0 Å². The number of hydrogen-bond acceptors (Lipinski definition) is 5. The van der Waals surface area contributed by atoms with Crippen LogP contribution < -0.4 is 154 Å². The molecule has 0 saturated heterocycles. The predicted octanol–water partition coefficient (Wildman–Crippen LogP) is -7.95. The van der Waals surface area contributed by atoms with Gasteiger partial charge in [0, 0.05) is 32.9 Å². The smallest absolute Gasteiger partial charge is 1.00 e. The molecule has 56 valence electrons. The van der Waals surface area contributed by atoms with Crippen LogP contribution in [0, 0.1) is 59.2 Å². The second-order valence-electron chi connectivity index (χ2n) is 0. The molecule has 0 bridgehead atoms. The van der Waals surface area contributed by atoms with Crippen molar-refractivity contribution in [3.8, 4) is 32.9 Å². The van der Waals surface area contributed by atoms with Crippen LogP contribution in [0.4, 0.5) is 0 Å². The minimum absolute atomic E-state index is 0. The Morgan fingerprint density at radius 1 is 0.385 bits per heavy atom. The van der Waals surface area contributed by atoms with E-state index in [2.05, 4.69) is 32.9 Å². The molecule has 0 amide bonds. The summed E-state index contributed by atoms with van der Waals surface area (Å²) in [5.41, 5.74) is 0. The Balaban J connectivity index is -0.00000000198. The zero-order valence-electron chi connectivity index (χ0n) is 11.1. The van der Waals surface area contributed by atoms with Gasteiger partial charge in [-0.3, -0.25) is 0 Å². The number of nitriles is 5. The summed E-state index contributed by atoms with van der Waals surface area (Å²) in [6.07, 6.45) is 0. The van der Waals surface area contributed by atoms with Gasteiger partial charge in [0.2, 0.25) is 0 Å². The van der Waals surface area contributed by atoms with Gasteiger partial charge < -0.3 is 4.28 Å². The summed E-state index contributed by atoms with van der Waals surface area (Å²) in [5.74, 6) is 0. The third kappa shape index (κ3) is 394. The molecule has 0 unspecified atom stereocenters. The van der Waals surface area contributed by atoms with E-state index >= 15 is 0 Å². The summed E-state index contributed by atoms with van der Waals surface area (Å²) < 4.78 is 0. The van der Waals surface area contributed by atoms with Crippen LogP contribution in [0.5, 0.6) is 0 Å². The first-order chi connectivity index (χ1) is 5.00. The fourth-order valence-electron chi connectivity index (χ4n) is 0. The molecule has 0 saturated carbocycles. The Morgan fingerprint density at radius 3 is 0.385 bits per heavy atom. The summed E-state index contributed by atoms with van der Waals surface area (Å²) in [4.78, 5) is 0. The van der Waals surface area contributed by atoms with Crippen LogP contribution in [-0.4, -0.2) is 0 Å². The van der Waals surface area contributed by atoms with Gasteiger partial charge in [-0.2, -0.15) is 0 Å². The van der Waals surface area contributed by atoms with Crippen molar-refractivity contribution in [3.63, 3.8) is 0 Å². The van der Waals surface area contributed by atoms with E-state index in [1.165, 1.54) is 0 Å². The molecule has 0 radical (unpaired) electrons. The van der Waals surface area contributed by atoms with Crippen LogP contribution in [0.2, 0.25) is 0 Å². The van der Waals surface area contributed by atoms with E-state index in [1.54, 1.807) is 0 Å². The third-order valence-corrected chi connectivity index (χ3v) is 0. The average molecular weight is 255 g/mol. The minimum atomic E-state index is 0. The van der Waals surface area contributed by atoms with Gasteiger partial charge >= 0.3 is 154 Å². The molecule has 13 heavy (non-hydrogen) atoms. The van der Waals surface area contributed by atoms with Crippen LogP contribution in [-0.2, 0) is 0 Å². The number of nitrogens with zero attached hydrogens (tertiary/aromatic N) is 5. The number of rotatable bonds is 0. The van der Waals surface area contributed by atoms with Crippen LogP contribution in [0.15, 0.2) is 0 Å². The summed E-state index contributed by atoms with van der Waals surface area (Å²) in [5, 5.41) is 32.5. The average Bonchev–Trinajstić information content (AvgIpc) is 2.20. The SMILES string of the molecule is C#N.C#N.C#N.C#N.C#N.[H-].[H-].[H-].[K+].[K+].[K+]. The van der Waals surface area contributed by atoms with Crippen molar-refractivity contribution in [3.05, 3.63) is 0 Å². The summed E-state index contributed by atoms with van der Waals surface area (Å²) >= 11 is 0. The van der Waals surface area contributed by atoms with E-state index in [0.717, 1.165) is 0 Å². The fraction of sp³-hybridized carbons (Fsp3) is 0. The normalized spacial score (nSPS) is 0.769.